The molecule has 0 radical (unpaired) electrons. The molecule has 0 aliphatic heterocycles. The molecule has 3 nitrogen and oxygen atoms in total. The molecule has 1 saturated carbocycles. The van der Waals surface area contributed by atoms with Crippen molar-refractivity contribution in [2.75, 3.05) is 14.1 Å². The SMILES string of the molecule is CC(C)C1CC(CC(=O)O)(N(C)C)C1. The molecular weight excluding hydrogens is 178 g/mol. The van der Waals surface area contributed by atoms with Gasteiger partial charge in [0.25, 0.3) is 0 Å². The Labute approximate surface area is 86.1 Å². The second kappa shape index (κ2) is 3.89. The number of carboxylic acid groups (broad SMARTS) is 1. The molecule has 0 saturated heterocycles. The van der Waals surface area contributed by atoms with E-state index in [1.165, 1.54) is 0 Å². The van der Waals surface area contributed by atoms with Crippen LogP contribution in [0, 0.1) is 11.8 Å². The summed E-state index contributed by atoms with van der Waals surface area (Å²) in [5.74, 6) is 0.703. The second-order valence-electron chi connectivity index (χ2n) is 5.10. The van der Waals surface area contributed by atoms with E-state index < -0.39 is 5.97 Å². The number of rotatable bonds is 4. The van der Waals surface area contributed by atoms with Crippen LogP contribution in [0.4, 0.5) is 0 Å². The molecule has 1 fully saturated rings. The van der Waals surface area contributed by atoms with Gasteiger partial charge in [-0.1, -0.05) is 13.8 Å². The van der Waals surface area contributed by atoms with E-state index in [4.69, 9.17) is 5.11 Å². The van der Waals surface area contributed by atoms with Crippen molar-refractivity contribution in [2.45, 2.75) is 38.6 Å². The monoisotopic (exact) mass is 199 g/mol. The third-order valence-electron chi connectivity index (χ3n) is 3.66. The van der Waals surface area contributed by atoms with Gasteiger partial charge in [-0.3, -0.25) is 4.79 Å². The van der Waals surface area contributed by atoms with Crippen molar-refractivity contribution in [1.82, 2.24) is 4.90 Å². The lowest BCUT2D eigenvalue weighted by atomic mass is 9.62. The normalized spacial score (nSPS) is 32.0. The lowest BCUT2D eigenvalue weighted by Gasteiger charge is -2.53. The van der Waals surface area contributed by atoms with Crippen LogP contribution in [-0.2, 0) is 4.79 Å². The highest BCUT2D eigenvalue weighted by Gasteiger charge is 2.47. The molecule has 3 heteroatoms. The summed E-state index contributed by atoms with van der Waals surface area (Å²) in [6, 6.07) is 0. The van der Waals surface area contributed by atoms with Gasteiger partial charge in [0, 0.05) is 5.54 Å². The highest BCUT2D eigenvalue weighted by molar-refractivity contribution is 5.68. The molecular formula is C11H21NO2. The van der Waals surface area contributed by atoms with Crippen LogP contribution in [0.3, 0.4) is 0 Å². The molecule has 0 aromatic carbocycles. The first-order valence-corrected chi connectivity index (χ1v) is 5.26. The van der Waals surface area contributed by atoms with Crippen LogP contribution in [0.25, 0.3) is 0 Å². The Kier molecular flexibility index (Phi) is 3.20. The summed E-state index contributed by atoms with van der Waals surface area (Å²) in [5, 5.41) is 8.86. The zero-order valence-electron chi connectivity index (χ0n) is 9.58. The molecule has 0 spiro atoms. The first-order chi connectivity index (χ1) is 6.37. The van der Waals surface area contributed by atoms with Gasteiger partial charge in [0.05, 0.1) is 6.42 Å². The summed E-state index contributed by atoms with van der Waals surface area (Å²) in [5.41, 5.74) is -0.0687. The van der Waals surface area contributed by atoms with E-state index in [0.717, 1.165) is 12.8 Å². The zero-order chi connectivity index (χ0) is 10.9. The number of hydrogen-bond acceptors (Lipinski definition) is 2. The van der Waals surface area contributed by atoms with Gasteiger partial charge >= 0.3 is 5.97 Å². The highest BCUT2D eigenvalue weighted by Crippen LogP contribution is 2.47. The fourth-order valence-electron chi connectivity index (χ4n) is 2.34. The average molecular weight is 199 g/mol. The van der Waals surface area contributed by atoms with E-state index in [1.54, 1.807) is 0 Å². The van der Waals surface area contributed by atoms with Gasteiger partial charge in [0.15, 0.2) is 0 Å². The van der Waals surface area contributed by atoms with Crippen LogP contribution in [0.2, 0.25) is 0 Å². The summed E-state index contributed by atoms with van der Waals surface area (Å²) in [6.07, 6.45) is 2.34. The fourth-order valence-corrected chi connectivity index (χ4v) is 2.34. The number of aliphatic carboxylic acids is 1. The summed E-state index contributed by atoms with van der Waals surface area (Å²) >= 11 is 0. The Balaban J connectivity index is 2.57. The minimum absolute atomic E-state index is 0.0687. The summed E-state index contributed by atoms with van der Waals surface area (Å²) in [7, 11) is 3.97. The van der Waals surface area contributed by atoms with Crippen molar-refractivity contribution >= 4 is 5.97 Å². The van der Waals surface area contributed by atoms with Gasteiger partial charge in [0.2, 0.25) is 0 Å². The van der Waals surface area contributed by atoms with Crippen LogP contribution in [0.15, 0.2) is 0 Å². The fraction of sp³-hybridized carbons (Fsp3) is 0.909. The molecule has 1 N–H and O–H groups in total. The van der Waals surface area contributed by atoms with Gasteiger partial charge in [-0.15, -0.1) is 0 Å². The van der Waals surface area contributed by atoms with Gasteiger partial charge in [-0.05, 0) is 38.8 Å². The van der Waals surface area contributed by atoms with Gasteiger partial charge < -0.3 is 10.0 Å². The van der Waals surface area contributed by atoms with Gasteiger partial charge in [0.1, 0.15) is 0 Å². The van der Waals surface area contributed by atoms with E-state index in [-0.39, 0.29) is 12.0 Å². The van der Waals surface area contributed by atoms with Crippen LogP contribution in [0.1, 0.15) is 33.1 Å². The first kappa shape index (κ1) is 11.5. The molecule has 0 atom stereocenters. The third kappa shape index (κ3) is 2.08. The Hall–Kier alpha value is -0.570. The van der Waals surface area contributed by atoms with Crippen LogP contribution in [0.5, 0.6) is 0 Å². The molecule has 1 aliphatic rings. The number of carbonyl (C=O) groups is 1. The third-order valence-corrected chi connectivity index (χ3v) is 3.66. The van der Waals surface area contributed by atoms with Crippen molar-refractivity contribution in [3.63, 3.8) is 0 Å². The molecule has 1 aliphatic carbocycles. The highest BCUT2D eigenvalue weighted by atomic mass is 16.4. The molecule has 0 unspecified atom stereocenters. The summed E-state index contributed by atoms with van der Waals surface area (Å²) < 4.78 is 0. The lowest BCUT2D eigenvalue weighted by Crippen LogP contribution is -2.56. The average Bonchev–Trinajstić information content (AvgIpc) is 1.93. The van der Waals surface area contributed by atoms with E-state index >= 15 is 0 Å². The van der Waals surface area contributed by atoms with Crippen molar-refractivity contribution in [3.05, 3.63) is 0 Å². The van der Waals surface area contributed by atoms with Gasteiger partial charge in [-0.25, -0.2) is 0 Å². The van der Waals surface area contributed by atoms with Crippen molar-refractivity contribution in [3.8, 4) is 0 Å². The Morgan fingerprint density at radius 3 is 2.29 bits per heavy atom. The Morgan fingerprint density at radius 1 is 1.50 bits per heavy atom. The number of hydrogen-bond donors (Lipinski definition) is 1. The molecule has 1 rings (SSSR count). The predicted octanol–water partition coefficient (Wildman–Crippen LogP) is 1.83. The van der Waals surface area contributed by atoms with Crippen molar-refractivity contribution < 1.29 is 9.90 Å². The first-order valence-electron chi connectivity index (χ1n) is 5.26. The quantitative estimate of drug-likeness (QED) is 0.751. The smallest absolute Gasteiger partial charge is 0.305 e. The molecule has 14 heavy (non-hydrogen) atoms. The molecule has 0 aromatic rings. The Bertz CT molecular complexity index is 217. The predicted molar refractivity (Wildman–Crippen MR) is 56.2 cm³/mol. The van der Waals surface area contributed by atoms with Crippen LogP contribution in [-0.4, -0.2) is 35.6 Å². The van der Waals surface area contributed by atoms with Crippen molar-refractivity contribution in [1.29, 1.82) is 0 Å². The molecule has 0 aromatic heterocycles. The molecule has 0 heterocycles. The zero-order valence-corrected chi connectivity index (χ0v) is 9.58. The topological polar surface area (TPSA) is 40.5 Å². The van der Waals surface area contributed by atoms with E-state index in [1.807, 2.05) is 14.1 Å². The summed E-state index contributed by atoms with van der Waals surface area (Å²) in [6.45, 7) is 4.43. The molecule has 0 amide bonds. The van der Waals surface area contributed by atoms with Crippen LogP contribution < -0.4 is 0 Å². The van der Waals surface area contributed by atoms with Crippen LogP contribution >= 0.6 is 0 Å². The number of carboxylic acids is 1. The standard InChI is InChI=1S/C11H21NO2/c1-8(2)9-5-11(6-9,12(3)4)7-10(13)14/h8-9H,5-7H2,1-4H3,(H,13,14). The largest absolute Gasteiger partial charge is 0.481 e. The van der Waals surface area contributed by atoms with E-state index in [0.29, 0.717) is 11.8 Å². The second-order valence-corrected chi connectivity index (χ2v) is 5.10. The minimum atomic E-state index is -0.680. The molecule has 82 valence electrons. The number of nitrogens with zero attached hydrogens (tertiary/aromatic N) is 1. The maximum Gasteiger partial charge on any atom is 0.305 e. The maximum atomic E-state index is 10.8. The minimum Gasteiger partial charge on any atom is -0.481 e. The van der Waals surface area contributed by atoms with Crippen molar-refractivity contribution in [2.24, 2.45) is 11.8 Å². The lowest BCUT2D eigenvalue weighted by molar-refractivity contribution is -0.144. The maximum absolute atomic E-state index is 10.8. The molecule has 0 bridgehead atoms. The Morgan fingerprint density at radius 2 is 2.00 bits per heavy atom. The summed E-state index contributed by atoms with van der Waals surface area (Å²) in [4.78, 5) is 12.8. The van der Waals surface area contributed by atoms with E-state index in [9.17, 15) is 4.79 Å². The van der Waals surface area contributed by atoms with Gasteiger partial charge in [-0.2, -0.15) is 0 Å². The van der Waals surface area contributed by atoms with E-state index in [2.05, 4.69) is 18.7 Å².